The predicted octanol–water partition coefficient (Wildman–Crippen LogP) is 1.55. The number of rotatable bonds is 4. The van der Waals surface area contributed by atoms with Crippen molar-refractivity contribution in [3.8, 4) is 0 Å². The Morgan fingerprint density at radius 1 is 1.22 bits per heavy atom. The molecule has 2 aliphatic rings. The highest BCUT2D eigenvalue weighted by atomic mass is 35.5. The van der Waals surface area contributed by atoms with Crippen molar-refractivity contribution >= 4 is 24.0 Å². The first-order valence-electron chi connectivity index (χ1n) is 8.23. The van der Waals surface area contributed by atoms with Gasteiger partial charge in [-0.2, -0.15) is 0 Å². The number of hydrogen-bond acceptors (Lipinski definition) is 4. The zero-order valence-corrected chi connectivity index (χ0v) is 14.2. The third kappa shape index (κ3) is 4.59. The molecule has 0 spiro atoms. The molecule has 3 rings (SSSR count). The molecule has 0 bridgehead atoms. The highest BCUT2D eigenvalue weighted by Crippen LogP contribution is 2.20. The Balaban J connectivity index is 0.00000192. The van der Waals surface area contributed by atoms with Crippen LogP contribution in [0.5, 0.6) is 0 Å². The number of carbonyl (C=O) groups is 1. The maximum absolute atomic E-state index is 12.2. The van der Waals surface area contributed by atoms with Gasteiger partial charge in [-0.1, -0.05) is 0 Å². The Hall–Kier alpha value is -1.30. The number of nitrogens with zero attached hydrogens (tertiary/aromatic N) is 1. The van der Waals surface area contributed by atoms with Crippen LogP contribution in [-0.4, -0.2) is 49.3 Å². The van der Waals surface area contributed by atoms with Gasteiger partial charge in [-0.05, 0) is 56.5 Å². The summed E-state index contributed by atoms with van der Waals surface area (Å²) in [6, 6.07) is 7.78. The van der Waals surface area contributed by atoms with E-state index in [9.17, 15) is 9.90 Å². The van der Waals surface area contributed by atoms with Crippen LogP contribution < -0.4 is 15.5 Å². The summed E-state index contributed by atoms with van der Waals surface area (Å²) >= 11 is 0. The molecule has 5 nitrogen and oxygen atoms in total. The first-order chi connectivity index (χ1) is 10.7. The van der Waals surface area contributed by atoms with Crippen molar-refractivity contribution in [3.05, 3.63) is 29.8 Å². The van der Waals surface area contributed by atoms with E-state index in [-0.39, 0.29) is 18.3 Å². The first kappa shape index (κ1) is 18.0. The minimum absolute atomic E-state index is 0. The highest BCUT2D eigenvalue weighted by Gasteiger charge is 2.31. The monoisotopic (exact) mass is 339 g/mol. The van der Waals surface area contributed by atoms with E-state index in [1.807, 2.05) is 24.3 Å². The van der Waals surface area contributed by atoms with Gasteiger partial charge in [-0.15, -0.1) is 12.4 Å². The SMILES string of the molecule is Cl.O=C(NCC1(O)CCNC1)c1ccc(N2CCCCC2)cc1. The van der Waals surface area contributed by atoms with Gasteiger partial charge < -0.3 is 20.6 Å². The maximum Gasteiger partial charge on any atom is 0.251 e. The second kappa shape index (κ2) is 7.99. The highest BCUT2D eigenvalue weighted by molar-refractivity contribution is 5.94. The van der Waals surface area contributed by atoms with Gasteiger partial charge in [0.1, 0.15) is 0 Å². The van der Waals surface area contributed by atoms with Gasteiger partial charge in [-0.25, -0.2) is 0 Å². The van der Waals surface area contributed by atoms with E-state index in [0.717, 1.165) is 19.6 Å². The van der Waals surface area contributed by atoms with Crippen LogP contribution in [0.4, 0.5) is 5.69 Å². The second-order valence-corrected chi connectivity index (χ2v) is 6.43. The van der Waals surface area contributed by atoms with Gasteiger partial charge in [0.2, 0.25) is 0 Å². The Morgan fingerprint density at radius 3 is 2.52 bits per heavy atom. The predicted molar refractivity (Wildman–Crippen MR) is 94.5 cm³/mol. The normalized spacial score (nSPS) is 24.1. The van der Waals surface area contributed by atoms with E-state index < -0.39 is 5.60 Å². The molecule has 3 N–H and O–H groups in total. The van der Waals surface area contributed by atoms with E-state index in [0.29, 0.717) is 25.1 Å². The summed E-state index contributed by atoms with van der Waals surface area (Å²) in [7, 11) is 0. The average molecular weight is 340 g/mol. The van der Waals surface area contributed by atoms with Crippen molar-refractivity contribution < 1.29 is 9.90 Å². The van der Waals surface area contributed by atoms with Crippen LogP contribution in [0.25, 0.3) is 0 Å². The number of anilines is 1. The molecule has 0 saturated carbocycles. The molecule has 0 radical (unpaired) electrons. The molecule has 23 heavy (non-hydrogen) atoms. The quantitative estimate of drug-likeness (QED) is 0.779. The molecule has 1 aromatic rings. The zero-order valence-electron chi connectivity index (χ0n) is 13.4. The topological polar surface area (TPSA) is 64.6 Å². The molecule has 128 valence electrons. The van der Waals surface area contributed by atoms with Crippen molar-refractivity contribution in [2.24, 2.45) is 0 Å². The van der Waals surface area contributed by atoms with Gasteiger partial charge in [0.15, 0.2) is 0 Å². The lowest BCUT2D eigenvalue weighted by Crippen LogP contribution is -2.44. The molecule has 0 aromatic heterocycles. The van der Waals surface area contributed by atoms with Crippen LogP contribution in [-0.2, 0) is 0 Å². The molecule has 0 aliphatic carbocycles. The molecule has 1 atom stereocenters. The molecule has 6 heteroatoms. The van der Waals surface area contributed by atoms with Crippen molar-refractivity contribution in [1.29, 1.82) is 0 Å². The van der Waals surface area contributed by atoms with Crippen molar-refractivity contribution in [1.82, 2.24) is 10.6 Å². The molecule has 2 heterocycles. The standard InChI is InChI=1S/C17H25N3O2.ClH/c21-16(19-13-17(22)8-9-18-12-17)14-4-6-15(7-5-14)20-10-2-1-3-11-20;/h4-7,18,22H,1-3,8-13H2,(H,19,21);1H. The molecule has 2 saturated heterocycles. The third-order valence-electron chi connectivity index (χ3n) is 4.65. The molecule has 1 unspecified atom stereocenters. The van der Waals surface area contributed by atoms with Crippen LogP contribution in [0.3, 0.4) is 0 Å². The number of benzene rings is 1. The number of amides is 1. The molecule has 1 aromatic carbocycles. The van der Waals surface area contributed by atoms with Crippen molar-refractivity contribution in [3.63, 3.8) is 0 Å². The fourth-order valence-corrected chi connectivity index (χ4v) is 3.20. The fourth-order valence-electron chi connectivity index (χ4n) is 3.20. The van der Waals surface area contributed by atoms with Crippen LogP contribution in [0, 0.1) is 0 Å². The number of β-amino-alcohol motifs (C(OH)–C–C–N with tert-alkyl or cyclic N) is 1. The minimum Gasteiger partial charge on any atom is -0.387 e. The number of aliphatic hydroxyl groups is 1. The number of halogens is 1. The van der Waals surface area contributed by atoms with Crippen LogP contribution in [0.1, 0.15) is 36.0 Å². The molecule has 1 amide bonds. The molecule has 2 fully saturated rings. The average Bonchev–Trinajstić information content (AvgIpc) is 3.01. The lowest BCUT2D eigenvalue weighted by molar-refractivity contribution is 0.0562. The Morgan fingerprint density at radius 2 is 1.91 bits per heavy atom. The van der Waals surface area contributed by atoms with Crippen molar-refractivity contribution in [2.45, 2.75) is 31.3 Å². The van der Waals surface area contributed by atoms with E-state index in [1.165, 1.54) is 24.9 Å². The number of nitrogens with one attached hydrogen (secondary N) is 2. The lowest BCUT2D eigenvalue weighted by atomic mass is 10.0. The summed E-state index contributed by atoms with van der Waals surface area (Å²) in [5, 5.41) is 16.2. The van der Waals surface area contributed by atoms with E-state index in [4.69, 9.17) is 0 Å². The van der Waals surface area contributed by atoms with Gasteiger partial charge >= 0.3 is 0 Å². The fraction of sp³-hybridized carbons (Fsp3) is 0.588. The summed E-state index contributed by atoms with van der Waals surface area (Å²) in [4.78, 5) is 14.5. The lowest BCUT2D eigenvalue weighted by Gasteiger charge is -2.28. The second-order valence-electron chi connectivity index (χ2n) is 6.43. The molecular weight excluding hydrogens is 314 g/mol. The largest absolute Gasteiger partial charge is 0.387 e. The third-order valence-corrected chi connectivity index (χ3v) is 4.65. The summed E-state index contributed by atoms with van der Waals surface area (Å²) in [6.07, 6.45) is 4.49. The molecule has 2 aliphatic heterocycles. The van der Waals surface area contributed by atoms with Crippen LogP contribution >= 0.6 is 12.4 Å². The Labute approximate surface area is 143 Å². The molecular formula is C17H26ClN3O2. The van der Waals surface area contributed by atoms with Crippen LogP contribution in [0.2, 0.25) is 0 Å². The van der Waals surface area contributed by atoms with Gasteiger partial charge in [0, 0.05) is 37.4 Å². The summed E-state index contributed by atoms with van der Waals surface area (Å²) in [5.41, 5.74) is 1.04. The van der Waals surface area contributed by atoms with Gasteiger partial charge in [0.05, 0.1) is 5.60 Å². The Bertz CT molecular complexity index is 509. The van der Waals surface area contributed by atoms with Crippen LogP contribution in [0.15, 0.2) is 24.3 Å². The van der Waals surface area contributed by atoms with Crippen molar-refractivity contribution in [2.75, 3.05) is 37.6 Å². The van der Waals surface area contributed by atoms with E-state index in [1.54, 1.807) is 0 Å². The summed E-state index contributed by atoms with van der Waals surface area (Å²) < 4.78 is 0. The minimum atomic E-state index is -0.802. The number of piperidine rings is 1. The zero-order chi connectivity index (χ0) is 15.4. The Kier molecular flexibility index (Phi) is 6.27. The smallest absolute Gasteiger partial charge is 0.251 e. The first-order valence-corrected chi connectivity index (χ1v) is 8.23. The summed E-state index contributed by atoms with van der Waals surface area (Å²) in [5.74, 6) is -0.120. The number of carbonyl (C=O) groups excluding carboxylic acids is 1. The van der Waals surface area contributed by atoms with Gasteiger partial charge in [-0.3, -0.25) is 4.79 Å². The van der Waals surface area contributed by atoms with E-state index in [2.05, 4.69) is 15.5 Å². The van der Waals surface area contributed by atoms with Gasteiger partial charge in [0.25, 0.3) is 5.91 Å². The van der Waals surface area contributed by atoms with E-state index >= 15 is 0 Å². The summed E-state index contributed by atoms with van der Waals surface area (Å²) in [6.45, 7) is 3.85. The number of hydrogen-bond donors (Lipinski definition) is 3. The maximum atomic E-state index is 12.2.